The standard InChI is InChI=1S/C22H25N5O4S/c1-31-19-8-5-4-7-18(19)26-32(29,30)17-12-10-16(11-13-17)22(28)23-15-21-25-24-20-9-3-2-6-14-27(20)21/h4-5,7-8,10-13,26H,2-3,6,9,14-15H2,1H3,(H,23,28). The molecule has 4 rings (SSSR count). The summed E-state index contributed by atoms with van der Waals surface area (Å²) in [5.41, 5.74) is 0.695. The van der Waals surface area contributed by atoms with Gasteiger partial charge in [-0.15, -0.1) is 10.2 Å². The van der Waals surface area contributed by atoms with Crippen LogP contribution >= 0.6 is 0 Å². The number of carbonyl (C=O) groups excluding carboxylic acids is 1. The number of hydrogen-bond donors (Lipinski definition) is 2. The Labute approximate surface area is 186 Å². The summed E-state index contributed by atoms with van der Waals surface area (Å²) >= 11 is 0. The number of methoxy groups -OCH3 is 1. The highest BCUT2D eigenvalue weighted by molar-refractivity contribution is 7.92. The van der Waals surface area contributed by atoms with Gasteiger partial charge in [0.15, 0.2) is 5.82 Å². The predicted molar refractivity (Wildman–Crippen MR) is 119 cm³/mol. The monoisotopic (exact) mass is 455 g/mol. The molecule has 0 fully saturated rings. The van der Waals surface area contributed by atoms with Crippen LogP contribution in [0.25, 0.3) is 0 Å². The lowest BCUT2D eigenvalue weighted by atomic mass is 10.2. The summed E-state index contributed by atoms with van der Waals surface area (Å²) in [4.78, 5) is 12.6. The van der Waals surface area contributed by atoms with E-state index in [1.807, 2.05) is 0 Å². The molecule has 1 aromatic heterocycles. The molecule has 0 unspecified atom stereocenters. The maximum absolute atomic E-state index is 12.7. The van der Waals surface area contributed by atoms with Crippen LogP contribution in [0.2, 0.25) is 0 Å². The molecule has 0 atom stereocenters. The average Bonchev–Trinajstić information content (AvgIpc) is 3.03. The third kappa shape index (κ3) is 4.75. The summed E-state index contributed by atoms with van der Waals surface area (Å²) in [6, 6.07) is 12.5. The molecule has 32 heavy (non-hydrogen) atoms. The number of hydrogen-bond acceptors (Lipinski definition) is 6. The first kappa shape index (κ1) is 21.8. The van der Waals surface area contributed by atoms with E-state index < -0.39 is 10.0 Å². The fraction of sp³-hybridized carbons (Fsp3) is 0.318. The van der Waals surface area contributed by atoms with Crippen molar-refractivity contribution in [1.82, 2.24) is 20.1 Å². The van der Waals surface area contributed by atoms with Crippen molar-refractivity contribution in [2.24, 2.45) is 0 Å². The van der Waals surface area contributed by atoms with Crippen molar-refractivity contribution in [3.63, 3.8) is 0 Å². The Morgan fingerprint density at radius 3 is 2.62 bits per heavy atom. The highest BCUT2D eigenvalue weighted by Crippen LogP contribution is 2.26. The summed E-state index contributed by atoms with van der Waals surface area (Å²) in [5, 5.41) is 11.3. The molecular weight excluding hydrogens is 430 g/mol. The number of anilines is 1. The molecule has 0 aliphatic carbocycles. The SMILES string of the molecule is COc1ccccc1NS(=O)(=O)c1ccc(C(=O)NCc2nnc3n2CCCCC3)cc1. The Kier molecular flexibility index (Phi) is 6.40. The predicted octanol–water partition coefficient (Wildman–Crippen LogP) is 2.74. The lowest BCUT2D eigenvalue weighted by Gasteiger charge is -2.12. The van der Waals surface area contributed by atoms with E-state index in [2.05, 4.69) is 24.8 Å². The summed E-state index contributed by atoms with van der Waals surface area (Å²) in [5.74, 6) is 1.80. The zero-order valence-electron chi connectivity index (χ0n) is 17.7. The van der Waals surface area contributed by atoms with Crippen molar-refractivity contribution in [3.05, 3.63) is 65.7 Å². The van der Waals surface area contributed by atoms with Gasteiger partial charge in [-0.3, -0.25) is 9.52 Å². The zero-order valence-corrected chi connectivity index (χ0v) is 18.6. The molecule has 9 nitrogen and oxygen atoms in total. The number of nitrogens with one attached hydrogen (secondary N) is 2. The van der Waals surface area contributed by atoms with E-state index in [0.717, 1.165) is 43.9 Å². The number of benzene rings is 2. The number of nitrogens with zero attached hydrogens (tertiary/aromatic N) is 3. The summed E-state index contributed by atoms with van der Waals surface area (Å²) in [7, 11) is -2.36. The molecule has 0 saturated carbocycles. The summed E-state index contributed by atoms with van der Waals surface area (Å²) < 4.78 is 35.2. The molecule has 168 valence electrons. The number of aryl methyl sites for hydroxylation is 1. The number of rotatable bonds is 7. The van der Waals surface area contributed by atoms with Crippen molar-refractivity contribution < 1.29 is 17.9 Å². The van der Waals surface area contributed by atoms with Crippen LogP contribution in [-0.4, -0.2) is 36.2 Å². The molecule has 0 spiro atoms. The van der Waals surface area contributed by atoms with Gasteiger partial charge in [0, 0.05) is 18.5 Å². The van der Waals surface area contributed by atoms with E-state index in [1.54, 1.807) is 24.3 Å². The first-order valence-corrected chi connectivity index (χ1v) is 11.9. The first-order valence-electron chi connectivity index (χ1n) is 10.4. The van der Waals surface area contributed by atoms with Crippen molar-refractivity contribution in [2.45, 2.75) is 43.7 Å². The molecular formula is C22H25N5O4S. The van der Waals surface area contributed by atoms with Gasteiger partial charge in [0.05, 0.1) is 24.2 Å². The Morgan fingerprint density at radius 1 is 1.06 bits per heavy atom. The van der Waals surface area contributed by atoms with Gasteiger partial charge in [-0.25, -0.2) is 8.42 Å². The fourth-order valence-corrected chi connectivity index (χ4v) is 4.73. The lowest BCUT2D eigenvalue weighted by molar-refractivity contribution is 0.0949. The second kappa shape index (κ2) is 9.39. The van der Waals surface area contributed by atoms with Gasteiger partial charge in [-0.1, -0.05) is 18.6 Å². The van der Waals surface area contributed by atoms with Crippen molar-refractivity contribution in [1.29, 1.82) is 0 Å². The maximum Gasteiger partial charge on any atom is 0.262 e. The van der Waals surface area contributed by atoms with Crippen LogP contribution in [0.15, 0.2) is 53.4 Å². The quantitative estimate of drug-likeness (QED) is 0.566. The Bertz CT molecular complexity index is 1210. The number of aromatic nitrogens is 3. The Hall–Kier alpha value is -3.40. The average molecular weight is 456 g/mol. The van der Waals surface area contributed by atoms with Crippen LogP contribution in [0.5, 0.6) is 5.75 Å². The number of para-hydroxylation sites is 2. The molecule has 2 aromatic carbocycles. The molecule has 2 heterocycles. The van der Waals surface area contributed by atoms with Gasteiger partial charge in [-0.2, -0.15) is 0 Å². The van der Waals surface area contributed by atoms with Gasteiger partial charge in [0.2, 0.25) is 0 Å². The third-order valence-corrected chi connectivity index (χ3v) is 6.75. The van der Waals surface area contributed by atoms with E-state index in [-0.39, 0.29) is 17.3 Å². The van der Waals surface area contributed by atoms with Gasteiger partial charge in [0.1, 0.15) is 11.6 Å². The number of ether oxygens (including phenoxy) is 1. The highest BCUT2D eigenvalue weighted by atomic mass is 32.2. The fourth-order valence-electron chi connectivity index (χ4n) is 3.66. The molecule has 1 aliphatic heterocycles. The second-order valence-corrected chi connectivity index (χ2v) is 9.19. The second-order valence-electron chi connectivity index (χ2n) is 7.51. The van der Waals surface area contributed by atoms with Crippen LogP contribution in [0, 0.1) is 0 Å². The number of fused-ring (bicyclic) bond motifs is 1. The van der Waals surface area contributed by atoms with E-state index >= 15 is 0 Å². The molecule has 10 heteroatoms. The zero-order chi connectivity index (χ0) is 22.6. The summed E-state index contributed by atoms with van der Waals surface area (Å²) in [6.07, 6.45) is 4.24. The highest BCUT2D eigenvalue weighted by Gasteiger charge is 2.18. The molecule has 3 aromatic rings. The summed E-state index contributed by atoms with van der Waals surface area (Å²) in [6.45, 7) is 1.13. The van der Waals surface area contributed by atoms with E-state index in [4.69, 9.17) is 4.74 Å². The minimum absolute atomic E-state index is 0.0442. The Morgan fingerprint density at radius 2 is 1.84 bits per heavy atom. The van der Waals surface area contributed by atoms with Crippen LogP contribution in [0.1, 0.15) is 41.3 Å². The van der Waals surface area contributed by atoms with Crippen LogP contribution in [0.4, 0.5) is 5.69 Å². The minimum atomic E-state index is -3.83. The van der Waals surface area contributed by atoms with Crippen molar-refractivity contribution in [2.75, 3.05) is 11.8 Å². The van der Waals surface area contributed by atoms with Gasteiger partial charge < -0.3 is 14.6 Å². The molecule has 0 saturated heterocycles. The van der Waals surface area contributed by atoms with Crippen molar-refractivity contribution >= 4 is 21.6 Å². The number of sulfonamides is 1. The van der Waals surface area contributed by atoms with E-state index in [0.29, 0.717) is 17.0 Å². The normalized spacial score (nSPS) is 13.7. The van der Waals surface area contributed by atoms with Gasteiger partial charge in [0.25, 0.3) is 15.9 Å². The van der Waals surface area contributed by atoms with Gasteiger partial charge >= 0.3 is 0 Å². The molecule has 1 amide bonds. The number of carbonyl (C=O) groups is 1. The van der Waals surface area contributed by atoms with Crippen LogP contribution in [0.3, 0.4) is 0 Å². The smallest absolute Gasteiger partial charge is 0.262 e. The first-order chi connectivity index (χ1) is 15.5. The topological polar surface area (TPSA) is 115 Å². The largest absolute Gasteiger partial charge is 0.495 e. The lowest BCUT2D eigenvalue weighted by Crippen LogP contribution is -2.25. The maximum atomic E-state index is 12.7. The minimum Gasteiger partial charge on any atom is -0.495 e. The van der Waals surface area contributed by atoms with Crippen LogP contribution in [-0.2, 0) is 29.5 Å². The van der Waals surface area contributed by atoms with E-state index in [9.17, 15) is 13.2 Å². The molecule has 2 N–H and O–H groups in total. The van der Waals surface area contributed by atoms with E-state index in [1.165, 1.54) is 31.4 Å². The van der Waals surface area contributed by atoms with Gasteiger partial charge in [-0.05, 0) is 49.2 Å². The molecule has 1 aliphatic rings. The van der Waals surface area contributed by atoms with Crippen molar-refractivity contribution in [3.8, 4) is 5.75 Å². The molecule has 0 radical (unpaired) electrons. The number of amides is 1. The van der Waals surface area contributed by atoms with Crippen LogP contribution < -0.4 is 14.8 Å². The third-order valence-electron chi connectivity index (χ3n) is 5.37. The molecule has 0 bridgehead atoms. The Balaban J connectivity index is 1.42.